The Morgan fingerprint density at radius 2 is 1.72 bits per heavy atom. The normalized spacial score (nSPS) is 11.7. The number of ether oxygens (including phenoxy) is 3. The van der Waals surface area contributed by atoms with Gasteiger partial charge in [0.2, 0.25) is 5.75 Å². The molecule has 7 heteroatoms. The first-order valence-electron chi connectivity index (χ1n) is 8.85. The van der Waals surface area contributed by atoms with E-state index in [-0.39, 0.29) is 23.5 Å². The number of esters is 1. The molecule has 0 aliphatic heterocycles. The van der Waals surface area contributed by atoms with Gasteiger partial charge in [-0.05, 0) is 17.7 Å². The van der Waals surface area contributed by atoms with E-state index in [2.05, 4.69) is 0 Å². The van der Waals surface area contributed by atoms with E-state index in [1.807, 2.05) is 0 Å². The lowest BCUT2D eigenvalue weighted by atomic mass is 9.89. The number of methoxy groups -OCH3 is 3. The summed E-state index contributed by atoms with van der Waals surface area (Å²) >= 11 is 0. The minimum absolute atomic E-state index is 0.135. The Labute approximate surface area is 166 Å². The summed E-state index contributed by atoms with van der Waals surface area (Å²) in [6, 6.07) is 13.1. The summed E-state index contributed by atoms with van der Waals surface area (Å²) in [5, 5.41) is 0.457. The third-order valence-electron chi connectivity index (χ3n) is 4.63. The molecule has 3 aromatic rings. The van der Waals surface area contributed by atoms with Gasteiger partial charge in [-0.25, -0.2) is 4.79 Å². The van der Waals surface area contributed by atoms with Crippen molar-refractivity contribution in [2.24, 2.45) is 0 Å². The lowest BCUT2D eigenvalue weighted by Gasteiger charge is -2.17. The van der Waals surface area contributed by atoms with Crippen molar-refractivity contribution in [1.29, 1.82) is 0 Å². The van der Waals surface area contributed by atoms with Gasteiger partial charge < -0.3 is 18.6 Å². The van der Waals surface area contributed by atoms with Crippen LogP contribution in [-0.2, 0) is 9.53 Å². The predicted molar refractivity (Wildman–Crippen MR) is 106 cm³/mol. The molecule has 1 atom stereocenters. The molecule has 29 heavy (non-hydrogen) atoms. The summed E-state index contributed by atoms with van der Waals surface area (Å²) in [7, 11) is 4.11. The van der Waals surface area contributed by atoms with Crippen molar-refractivity contribution in [3.63, 3.8) is 0 Å². The Kier molecular flexibility index (Phi) is 5.97. The topological polar surface area (TPSA) is 92.0 Å². The van der Waals surface area contributed by atoms with E-state index in [0.717, 1.165) is 0 Å². The van der Waals surface area contributed by atoms with E-state index in [1.165, 1.54) is 27.4 Å². The SMILES string of the molecule is COC(=O)[C@@H](CC(=O)c1ccccc1)c1cc(=O)oc2c(OC)c(OC)ccc12. The van der Waals surface area contributed by atoms with Crippen molar-refractivity contribution in [3.8, 4) is 11.5 Å². The van der Waals surface area contributed by atoms with E-state index >= 15 is 0 Å². The first-order valence-corrected chi connectivity index (χ1v) is 8.85. The molecule has 0 spiro atoms. The first-order chi connectivity index (χ1) is 14.0. The van der Waals surface area contributed by atoms with Crippen LogP contribution in [0, 0.1) is 0 Å². The average Bonchev–Trinajstić information content (AvgIpc) is 2.75. The van der Waals surface area contributed by atoms with E-state index in [0.29, 0.717) is 22.3 Å². The fourth-order valence-electron chi connectivity index (χ4n) is 3.24. The van der Waals surface area contributed by atoms with Gasteiger partial charge in [0, 0.05) is 23.4 Å². The molecule has 7 nitrogen and oxygen atoms in total. The van der Waals surface area contributed by atoms with Crippen molar-refractivity contribution < 1.29 is 28.2 Å². The third-order valence-corrected chi connectivity index (χ3v) is 4.63. The van der Waals surface area contributed by atoms with Crippen molar-refractivity contribution in [2.75, 3.05) is 21.3 Å². The van der Waals surface area contributed by atoms with Crippen LogP contribution in [0.1, 0.15) is 28.3 Å². The van der Waals surface area contributed by atoms with Gasteiger partial charge in [0.1, 0.15) is 0 Å². The molecule has 0 bridgehead atoms. The maximum Gasteiger partial charge on any atom is 0.336 e. The van der Waals surface area contributed by atoms with Crippen molar-refractivity contribution in [1.82, 2.24) is 0 Å². The van der Waals surface area contributed by atoms with Crippen molar-refractivity contribution >= 4 is 22.7 Å². The molecular formula is C22H20O7. The number of fused-ring (bicyclic) bond motifs is 1. The zero-order valence-corrected chi connectivity index (χ0v) is 16.3. The Balaban J connectivity index is 2.16. The second-order valence-corrected chi connectivity index (χ2v) is 6.27. The monoisotopic (exact) mass is 396 g/mol. The highest BCUT2D eigenvalue weighted by molar-refractivity contribution is 6.01. The molecule has 1 aromatic heterocycles. The van der Waals surface area contributed by atoms with Crippen LogP contribution in [-0.4, -0.2) is 33.1 Å². The van der Waals surface area contributed by atoms with Gasteiger partial charge in [0.15, 0.2) is 17.1 Å². The first kappa shape index (κ1) is 20.1. The number of Topliss-reactive ketones (excluding diaryl/α,β-unsaturated/α-hetero) is 1. The summed E-state index contributed by atoms with van der Waals surface area (Å²) in [5.74, 6) is -1.27. The molecule has 0 aliphatic rings. The van der Waals surface area contributed by atoms with Crippen LogP contribution < -0.4 is 15.1 Å². The molecule has 0 fully saturated rings. The number of hydrogen-bond donors (Lipinski definition) is 0. The van der Waals surface area contributed by atoms with Crippen molar-refractivity contribution in [2.45, 2.75) is 12.3 Å². The fraction of sp³-hybridized carbons (Fsp3) is 0.227. The Hall–Kier alpha value is -3.61. The molecule has 0 saturated carbocycles. The van der Waals surface area contributed by atoms with Crippen LogP contribution in [0.25, 0.3) is 11.0 Å². The van der Waals surface area contributed by atoms with Gasteiger partial charge in [0.25, 0.3) is 0 Å². The average molecular weight is 396 g/mol. The van der Waals surface area contributed by atoms with Gasteiger partial charge in [0.05, 0.1) is 27.2 Å². The van der Waals surface area contributed by atoms with Crippen LogP contribution in [0.3, 0.4) is 0 Å². The molecule has 150 valence electrons. The lowest BCUT2D eigenvalue weighted by Crippen LogP contribution is -2.20. The highest BCUT2D eigenvalue weighted by Gasteiger charge is 2.29. The van der Waals surface area contributed by atoms with E-state index in [4.69, 9.17) is 18.6 Å². The van der Waals surface area contributed by atoms with Crippen LogP contribution in [0.15, 0.2) is 57.7 Å². The predicted octanol–water partition coefficient (Wildman–Crippen LogP) is 3.34. The van der Waals surface area contributed by atoms with E-state index < -0.39 is 17.5 Å². The third kappa shape index (κ3) is 3.99. The smallest absolute Gasteiger partial charge is 0.336 e. The summed E-state index contributed by atoms with van der Waals surface area (Å²) in [5.41, 5.74) is 0.247. The minimum Gasteiger partial charge on any atom is -0.493 e. The van der Waals surface area contributed by atoms with Gasteiger partial charge >= 0.3 is 11.6 Å². The molecular weight excluding hydrogens is 376 g/mol. The van der Waals surface area contributed by atoms with Gasteiger partial charge in [-0.2, -0.15) is 0 Å². The maximum atomic E-state index is 12.7. The number of rotatable bonds is 7. The Morgan fingerprint density at radius 3 is 2.34 bits per heavy atom. The Bertz CT molecular complexity index is 1100. The summed E-state index contributed by atoms with van der Waals surface area (Å²) < 4.78 is 20.8. The number of carbonyl (C=O) groups is 2. The minimum atomic E-state index is -0.989. The van der Waals surface area contributed by atoms with Crippen LogP contribution in [0.5, 0.6) is 11.5 Å². The van der Waals surface area contributed by atoms with Crippen molar-refractivity contribution in [3.05, 3.63) is 70.1 Å². The van der Waals surface area contributed by atoms with E-state index in [1.54, 1.807) is 42.5 Å². The van der Waals surface area contributed by atoms with Gasteiger partial charge in [-0.3, -0.25) is 9.59 Å². The molecule has 0 saturated heterocycles. The maximum absolute atomic E-state index is 12.7. The Morgan fingerprint density at radius 1 is 1.00 bits per heavy atom. The molecule has 0 radical (unpaired) electrons. The highest BCUT2D eigenvalue weighted by atomic mass is 16.5. The molecule has 0 N–H and O–H groups in total. The lowest BCUT2D eigenvalue weighted by molar-refractivity contribution is -0.142. The van der Waals surface area contributed by atoms with E-state index in [9.17, 15) is 14.4 Å². The second-order valence-electron chi connectivity index (χ2n) is 6.27. The number of ketones is 1. The quantitative estimate of drug-likeness (QED) is 0.344. The highest BCUT2D eigenvalue weighted by Crippen LogP contribution is 2.38. The zero-order chi connectivity index (χ0) is 21.0. The van der Waals surface area contributed by atoms with Gasteiger partial charge in [-0.15, -0.1) is 0 Å². The summed E-state index contributed by atoms with van der Waals surface area (Å²) in [6.07, 6.45) is -0.163. The molecule has 2 aromatic carbocycles. The fourth-order valence-corrected chi connectivity index (χ4v) is 3.24. The van der Waals surface area contributed by atoms with Crippen LogP contribution in [0.2, 0.25) is 0 Å². The molecule has 1 heterocycles. The summed E-state index contributed by atoms with van der Waals surface area (Å²) in [4.78, 5) is 37.5. The number of carbonyl (C=O) groups excluding carboxylic acids is 2. The largest absolute Gasteiger partial charge is 0.493 e. The number of benzene rings is 2. The molecule has 0 aliphatic carbocycles. The molecule has 3 rings (SSSR count). The van der Waals surface area contributed by atoms with Gasteiger partial charge in [-0.1, -0.05) is 30.3 Å². The van der Waals surface area contributed by atoms with Crippen LogP contribution in [0.4, 0.5) is 0 Å². The second kappa shape index (κ2) is 8.60. The number of hydrogen-bond acceptors (Lipinski definition) is 7. The van der Waals surface area contributed by atoms with Crippen LogP contribution >= 0.6 is 0 Å². The zero-order valence-electron chi connectivity index (χ0n) is 16.3. The molecule has 0 unspecified atom stereocenters. The molecule has 0 amide bonds. The summed E-state index contributed by atoms with van der Waals surface area (Å²) in [6.45, 7) is 0. The standard InChI is InChI=1S/C22H20O7/c1-26-18-10-9-14-15(12-19(24)29-20(14)21(18)27-2)16(22(25)28-3)11-17(23)13-7-5-4-6-8-13/h4-10,12,16H,11H2,1-3H3/t16-/m0/s1.